The molecule has 7 heteroatoms. The van der Waals surface area contributed by atoms with Crippen LogP contribution in [0.1, 0.15) is 34.3 Å². The highest BCUT2D eigenvalue weighted by Gasteiger charge is 2.23. The van der Waals surface area contributed by atoms with Crippen LogP contribution in [0.5, 0.6) is 0 Å². The highest BCUT2D eigenvalue weighted by molar-refractivity contribution is 7.09. The van der Waals surface area contributed by atoms with Crippen LogP contribution < -0.4 is 10.2 Å². The second-order valence-corrected chi connectivity index (χ2v) is 7.93. The van der Waals surface area contributed by atoms with Gasteiger partial charge in [-0.15, -0.1) is 11.3 Å². The maximum Gasteiger partial charge on any atom is 0.251 e. The number of hydrogen-bond donors (Lipinski definition) is 1. The smallest absolute Gasteiger partial charge is 0.251 e. The molecule has 2 aromatic heterocycles. The molecule has 1 aliphatic heterocycles. The van der Waals surface area contributed by atoms with E-state index in [4.69, 9.17) is 0 Å². The lowest BCUT2D eigenvalue weighted by Crippen LogP contribution is -2.26. The van der Waals surface area contributed by atoms with Crippen molar-refractivity contribution in [1.82, 2.24) is 15.3 Å². The van der Waals surface area contributed by atoms with E-state index < -0.39 is 0 Å². The Balaban J connectivity index is 1.28. The van der Waals surface area contributed by atoms with Crippen molar-refractivity contribution in [3.8, 4) is 11.3 Å². The van der Waals surface area contributed by atoms with Crippen LogP contribution in [0.15, 0.2) is 48.1 Å². The Bertz CT molecular complexity index is 1030. The number of benzene rings is 1. The summed E-state index contributed by atoms with van der Waals surface area (Å²) in [6.45, 7) is 2.85. The molecule has 148 valence electrons. The molecule has 0 saturated heterocycles. The molecule has 0 fully saturated rings. The first-order valence-electron chi connectivity index (χ1n) is 9.66. The van der Waals surface area contributed by atoms with Gasteiger partial charge in [-0.1, -0.05) is 0 Å². The van der Waals surface area contributed by atoms with Crippen molar-refractivity contribution in [1.29, 1.82) is 0 Å². The Hall–Kier alpha value is -3.06. The molecular weight excluding hydrogens is 384 g/mol. The van der Waals surface area contributed by atoms with Gasteiger partial charge in [-0.3, -0.25) is 14.6 Å². The molecular formula is C22H22N4O2S. The standard InChI is InChI=1S/C22H22N4O2S/c1-15(27)26-12-8-17-13-18(4-5-20(17)26)22(28)24-9-2-3-21-25-19(14-29-21)16-6-10-23-11-7-16/h4-7,10-11,13-14H,2-3,8-9,12H2,1H3,(H,24,28). The zero-order chi connectivity index (χ0) is 20.2. The van der Waals surface area contributed by atoms with Gasteiger partial charge in [0.2, 0.25) is 5.91 Å². The van der Waals surface area contributed by atoms with Crippen LogP contribution in [0.2, 0.25) is 0 Å². The summed E-state index contributed by atoms with van der Waals surface area (Å²) in [5.74, 6) is -0.0408. The number of anilines is 1. The number of pyridine rings is 1. The molecule has 29 heavy (non-hydrogen) atoms. The number of nitrogens with one attached hydrogen (secondary N) is 1. The van der Waals surface area contributed by atoms with Crippen molar-refractivity contribution in [2.75, 3.05) is 18.0 Å². The largest absolute Gasteiger partial charge is 0.352 e. The van der Waals surface area contributed by atoms with Crippen molar-refractivity contribution in [3.05, 3.63) is 64.2 Å². The van der Waals surface area contributed by atoms with Crippen LogP contribution in [0.4, 0.5) is 5.69 Å². The van der Waals surface area contributed by atoms with E-state index in [-0.39, 0.29) is 11.8 Å². The lowest BCUT2D eigenvalue weighted by atomic mass is 10.1. The van der Waals surface area contributed by atoms with Gasteiger partial charge >= 0.3 is 0 Å². The van der Waals surface area contributed by atoms with Crippen LogP contribution in [-0.4, -0.2) is 34.9 Å². The summed E-state index contributed by atoms with van der Waals surface area (Å²) in [6, 6.07) is 9.46. The van der Waals surface area contributed by atoms with Crippen molar-refractivity contribution in [2.24, 2.45) is 0 Å². The predicted molar refractivity (Wildman–Crippen MR) is 114 cm³/mol. The number of carbonyl (C=O) groups excluding carboxylic acids is 2. The fourth-order valence-corrected chi connectivity index (χ4v) is 4.34. The van der Waals surface area contributed by atoms with Crippen LogP contribution in [0.3, 0.4) is 0 Å². The minimum absolute atomic E-state index is 0.0372. The van der Waals surface area contributed by atoms with Gasteiger partial charge in [0, 0.05) is 61.0 Å². The number of rotatable bonds is 6. The lowest BCUT2D eigenvalue weighted by molar-refractivity contribution is -0.116. The Morgan fingerprint density at radius 1 is 1.21 bits per heavy atom. The van der Waals surface area contributed by atoms with E-state index in [1.54, 1.807) is 41.6 Å². The average Bonchev–Trinajstić information content (AvgIpc) is 3.38. The third-order valence-corrected chi connectivity index (χ3v) is 5.91. The molecule has 0 saturated carbocycles. The fourth-order valence-electron chi connectivity index (χ4n) is 3.49. The molecule has 6 nitrogen and oxygen atoms in total. The highest BCUT2D eigenvalue weighted by Crippen LogP contribution is 2.29. The number of hydrogen-bond acceptors (Lipinski definition) is 5. The van der Waals surface area contributed by atoms with Gasteiger partial charge in [0.15, 0.2) is 0 Å². The van der Waals surface area contributed by atoms with Crippen molar-refractivity contribution >= 4 is 28.8 Å². The van der Waals surface area contributed by atoms with Crippen LogP contribution in [0, 0.1) is 0 Å². The molecule has 0 aliphatic carbocycles. The molecule has 3 aromatic rings. The molecule has 0 spiro atoms. The first-order chi connectivity index (χ1) is 14.1. The molecule has 2 amide bonds. The lowest BCUT2D eigenvalue weighted by Gasteiger charge is -2.14. The summed E-state index contributed by atoms with van der Waals surface area (Å²) >= 11 is 1.64. The fraction of sp³-hybridized carbons (Fsp3) is 0.273. The Kier molecular flexibility index (Phi) is 5.67. The molecule has 3 heterocycles. The zero-order valence-corrected chi connectivity index (χ0v) is 17.0. The second kappa shape index (κ2) is 8.53. The molecule has 0 unspecified atom stereocenters. The Morgan fingerprint density at radius 2 is 2.03 bits per heavy atom. The monoisotopic (exact) mass is 406 g/mol. The van der Waals surface area contributed by atoms with E-state index in [2.05, 4.69) is 20.7 Å². The van der Waals surface area contributed by atoms with Gasteiger partial charge < -0.3 is 10.2 Å². The van der Waals surface area contributed by atoms with Crippen LogP contribution in [-0.2, 0) is 17.6 Å². The maximum atomic E-state index is 12.4. The van der Waals surface area contributed by atoms with E-state index in [0.29, 0.717) is 18.7 Å². The van der Waals surface area contributed by atoms with E-state index in [1.807, 2.05) is 24.3 Å². The number of fused-ring (bicyclic) bond motifs is 1. The number of aromatic nitrogens is 2. The van der Waals surface area contributed by atoms with Crippen molar-refractivity contribution in [2.45, 2.75) is 26.2 Å². The summed E-state index contributed by atoms with van der Waals surface area (Å²) < 4.78 is 0. The molecule has 1 N–H and O–H groups in total. The van der Waals surface area contributed by atoms with Crippen LogP contribution in [0.25, 0.3) is 11.3 Å². The highest BCUT2D eigenvalue weighted by atomic mass is 32.1. The second-order valence-electron chi connectivity index (χ2n) is 6.99. The Morgan fingerprint density at radius 3 is 2.83 bits per heavy atom. The molecule has 0 bridgehead atoms. The van der Waals surface area contributed by atoms with Gasteiger partial charge in [0.1, 0.15) is 0 Å². The van der Waals surface area contributed by atoms with Gasteiger partial charge in [0.05, 0.1) is 10.7 Å². The third-order valence-electron chi connectivity index (χ3n) is 5.00. The molecule has 0 radical (unpaired) electrons. The molecule has 1 aliphatic rings. The quantitative estimate of drug-likeness (QED) is 0.636. The van der Waals surface area contributed by atoms with Crippen LogP contribution >= 0.6 is 11.3 Å². The van der Waals surface area contributed by atoms with Gasteiger partial charge in [0.25, 0.3) is 5.91 Å². The normalized spacial score (nSPS) is 12.7. The minimum Gasteiger partial charge on any atom is -0.352 e. The first-order valence-corrected chi connectivity index (χ1v) is 10.5. The number of thiazole rings is 1. The Labute approximate surface area is 173 Å². The van der Waals surface area contributed by atoms with Gasteiger partial charge in [-0.05, 0) is 48.7 Å². The summed E-state index contributed by atoms with van der Waals surface area (Å²) in [7, 11) is 0. The van der Waals surface area contributed by atoms with E-state index >= 15 is 0 Å². The van der Waals surface area contributed by atoms with E-state index in [9.17, 15) is 9.59 Å². The average molecular weight is 407 g/mol. The number of aryl methyl sites for hydroxylation is 1. The number of carbonyl (C=O) groups is 2. The molecule has 1 aromatic carbocycles. The SMILES string of the molecule is CC(=O)N1CCc2cc(C(=O)NCCCc3nc(-c4ccncc4)cs3)ccc21. The van der Waals surface area contributed by atoms with E-state index in [1.165, 1.54) is 0 Å². The topological polar surface area (TPSA) is 75.2 Å². The first kappa shape index (κ1) is 19.3. The summed E-state index contributed by atoms with van der Waals surface area (Å²) in [5, 5.41) is 6.10. The number of nitrogens with zero attached hydrogens (tertiary/aromatic N) is 3. The number of amides is 2. The zero-order valence-electron chi connectivity index (χ0n) is 16.2. The van der Waals surface area contributed by atoms with E-state index in [0.717, 1.165) is 46.8 Å². The summed E-state index contributed by atoms with van der Waals surface area (Å²) in [5.41, 5.74) is 4.65. The van der Waals surface area contributed by atoms with Crippen molar-refractivity contribution in [3.63, 3.8) is 0 Å². The summed E-state index contributed by atoms with van der Waals surface area (Å²) in [4.78, 5) is 34.5. The molecule has 4 rings (SSSR count). The molecule has 0 atom stereocenters. The summed E-state index contributed by atoms with van der Waals surface area (Å²) in [6.07, 6.45) is 5.98. The van der Waals surface area contributed by atoms with Crippen molar-refractivity contribution < 1.29 is 9.59 Å². The van der Waals surface area contributed by atoms with Gasteiger partial charge in [-0.2, -0.15) is 0 Å². The van der Waals surface area contributed by atoms with Gasteiger partial charge in [-0.25, -0.2) is 4.98 Å². The predicted octanol–water partition coefficient (Wildman–Crippen LogP) is 3.48. The third kappa shape index (κ3) is 4.35. The maximum absolute atomic E-state index is 12.4. The minimum atomic E-state index is -0.0781.